The van der Waals surface area contributed by atoms with Gasteiger partial charge in [-0.05, 0) is 46.2 Å². The molecule has 4 heteroatoms. The number of hydrogen-bond donors (Lipinski definition) is 0. The fraction of sp³-hybridized carbons (Fsp3) is 0.120. The molecular weight excluding hydrogens is 373 g/mol. The van der Waals surface area contributed by atoms with Crippen LogP contribution in [0.25, 0.3) is 33.0 Å². The van der Waals surface area contributed by atoms with E-state index in [4.69, 9.17) is 4.74 Å². The lowest BCUT2D eigenvalue weighted by molar-refractivity contribution is 0.360. The highest BCUT2D eigenvalue weighted by Gasteiger charge is 2.14. The molecule has 0 saturated carbocycles. The van der Waals surface area contributed by atoms with Crippen LogP contribution in [0.15, 0.2) is 66.7 Å². The summed E-state index contributed by atoms with van der Waals surface area (Å²) in [5.41, 5.74) is 3.36. The Morgan fingerprint density at radius 1 is 0.724 bits per heavy atom. The zero-order valence-corrected chi connectivity index (χ0v) is 16.1. The van der Waals surface area contributed by atoms with E-state index in [0.29, 0.717) is 27.6 Å². The van der Waals surface area contributed by atoms with Gasteiger partial charge in [-0.3, -0.25) is 0 Å². The van der Waals surface area contributed by atoms with Gasteiger partial charge in [-0.15, -0.1) is 0 Å². The molecule has 0 radical (unpaired) electrons. The van der Waals surface area contributed by atoms with Crippen LogP contribution in [-0.2, 0) is 6.42 Å². The summed E-state index contributed by atoms with van der Waals surface area (Å²) in [5.74, 6) is -2.22. The van der Waals surface area contributed by atoms with E-state index >= 15 is 4.39 Å². The van der Waals surface area contributed by atoms with Crippen molar-refractivity contribution < 1.29 is 17.9 Å². The molecule has 29 heavy (non-hydrogen) atoms. The average Bonchev–Trinajstić information content (AvgIpc) is 2.73. The van der Waals surface area contributed by atoms with Crippen molar-refractivity contribution in [1.82, 2.24) is 0 Å². The van der Waals surface area contributed by atoms with Crippen molar-refractivity contribution in [1.29, 1.82) is 0 Å². The average molecular weight is 392 g/mol. The van der Waals surface area contributed by atoms with Crippen LogP contribution in [0.5, 0.6) is 5.75 Å². The molecule has 0 unspecified atom stereocenters. The lowest BCUT2D eigenvalue weighted by Gasteiger charge is -2.10. The molecule has 1 nitrogen and oxygen atoms in total. The van der Waals surface area contributed by atoms with Gasteiger partial charge in [0.15, 0.2) is 17.4 Å². The summed E-state index contributed by atoms with van der Waals surface area (Å²) >= 11 is 0. The largest absolute Gasteiger partial charge is 0.491 e. The molecule has 0 spiro atoms. The molecule has 4 aromatic rings. The van der Waals surface area contributed by atoms with Crippen LogP contribution < -0.4 is 4.74 Å². The molecule has 0 aromatic heterocycles. The molecule has 0 atom stereocenters. The summed E-state index contributed by atoms with van der Waals surface area (Å²) in [6.07, 6.45) is 0.896. The monoisotopic (exact) mass is 392 g/mol. The third-order valence-corrected chi connectivity index (χ3v) is 5.16. The fourth-order valence-electron chi connectivity index (χ4n) is 3.55. The lowest BCUT2D eigenvalue weighted by atomic mass is 9.96. The molecule has 0 heterocycles. The quantitative estimate of drug-likeness (QED) is 0.358. The standard InChI is InChI=1S/C25H19F3O/c1-3-15-4-10-21-18(12-15)9-11-20(24(21)28)17-7-5-16(6-8-17)19-13-22(26)25(29-2)23(27)14-19/h4-14H,3H2,1-2H3. The molecule has 0 aliphatic heterocycles. The van der Waals surface area contributed by atoms with Gasteiger partial charge in [0, 0.05) is 10.9 Å². The van der Waals surface area contributed by atoms with E-state index in [1.165, 1.54) is 19.2 Å². The van der Waals surface area contributed by atoms with E-state index < -0.39 is 17.4 Å². The second-order valence-corrected chi connectivity index (χ2v) is 6.89. The van der Waals surface area contributed by atoms with Crippen molar-refractivity contribution in [2.45, 2.75) is 13.3 Å². The first-order chi connectivity index (χ1) is 14.0. The SMILES string of the molecule is CCc1ccc2c(F)c(-c3ccc(-c4cc(F)c(OC)c(F)c4)cc3)ccc2c1. The number of methoxy groups -OCH3 is 1. The molecule has 0 bridgehead atoms. The molecule has 0 saturated heterocycles. The van der Waals surface area contributed by atoms with Crippen LogP contribution >= 0.6 is 0 Å². The van der Waals surface area contributed by atoms with Crippen LogP contribution in [0.4, 0.5) is 13.2 Å². The topological polar surface area (TPSA) is 9.23 Å². The van der Waals surface area contributed by atoms with Crippen molar-refractivity contribution in [3.8, 4) is 28.0 Å². The van der Waals surface area contributed by atoms with Gasteiger partial charge in [-0.2, -0.15) is 0 Å². The van der Waals surface area contributed by atoms with Gasteiger partial charge in [0.2, 0.25) is 0 Å². The van der Waals surface area contributed by atoms with E-state index in [1.807, 2.05) is 24.3 Å². The normalized spacial score (nSPS) is 11.1. The van der Waals surface area contributed by atoms with Gasteiger partial charge < -0.3 is 4.74 Å². The first kappa shape index (κ1) is 19.1. The van der Waals surface area contributed by atoms with E-state index in [0.717, 1.165) is 17.4 Å². The van der Waals surface area contributed by atoms with Gasteiger partial charge in [0.1, 0.15) is 5.82 Å². The van der Waals surface area contributed by atoms with Crippen LogP contribution in [0.3, 0.4) is 0 Å². The number of benzene rings is 4. The van der Waals surface area contributed by atoms with E-state index in [1.54, 1.807) is 30.3 Å². The summed E-state index contributed by atoms with van der Waals surface area (Å²) < 4.78 is 47.8. The first-order valence-electron chi connectivity index (χ1n) is 9.36. The molecule has 4 rings (SSSR count). The molecule has 0 N–H and O–H groups in total. The van der Waals surface area contributed by atoms with E-state index in [9.17, 15) is 8.78 Å². The molecule has 0 aliphatic carbocycles. The van der Waals surface area contributed by atoms with Crippen molar-refractivity contribution in [2.24, 2.45) is 0 Å². The van der Waals surface area contributed by atoms with Gasteiger partial charge in [-0.25, -0.2) is 13.2 Å². The summed E-state index contributed by atoms with van der Waals surface area (Å²) in [7, 11) is 1.22. The Labute approximate surface area is 167 Å². The summed E-state index contributed by atoms with van der Waals surface area (Å²) in [5, 5.41) is 1.44. The summed E-state index contributed by atoms with van der Waals surface area (Å²) in [6, 6.07) is 18.8. The zero-order chi connectivity index (χ0) is 20.5. The number of ether oxygens (including phenoxy) is 1. The minimum atomic E-state index is -0.765. The maximum Gasteiger partial charge on any atom is 0.190 e. The van der Waals surface area contributed by atoms with E-state index in [2.05, 4.69) is 6.92 Å². The number of aryl methyl sites for hydroxylation is 1. The van der Waals surface area contributed by atoms with Crippen molar-refractivity contribution >= 4 is 10.8 Å². The molecule has 0 fully saturated rings. The highest BCUT2D eigenvalue weighted by molar-refractivity contribution is 5.89. The van der Waals surface area contributed by atoms with Gasteiger partial charge in [0.05, 0.1) is 7.11 Å². The van der Waals surface area contributed by atoms with Gasteiger partial charge >= 0.3 is 0 Å². The summed E-state index contributed by atoms with van der Waals surface area (Å²) in [4.78, 5) is 0. The van der Waals surface area contributed by atoms with Crippen molar-refractivity contribution in [2.75, 3.05) is 7.11 Å². The zero-order valence-electron chi connectivity index (χ0n) is 16.1. The second kappa shape index (κ2) is 7.63. The minimum absolute atomic E-state index is 0.278. The van der Waals surface area contributed by atoms with Gasteiger partial charge in [-0.1, -0.05) is 61.5 Å². The maximum absolute atomic E-state index is 15.1. The smallest absolute Gasteiger partial charge is 0.190 e. The minimum Gasteiger partial charge on any atom is -0.491 e. The number of rotatable bonds is 4. The maximum atomic E-state index is 15.1. The third kappa shape index (κ3) is 3.46. The number of halogens is 3. The third-order valence-electron chi connectivity index (χ3n) is 5.16. The predicted octanol–water partition coefficient (Wildman–Crippen LogP) is 7.16. The Hall–Kier alpha value is -3.27. The highest BCUT2D eigenvalue weighted by atomic mass is 19.1. The predicted molar refractivity (Wildman–Crippen MR) is 111 cm³/mol. The van der Waals surface area contributed by atoms with Crippen LogP contribution in [0.1, 0.15) is 12.5 Å². The molecule has 4 aromatic carbocycles. The molecule has 0 amide bonds. The second-order valence-electron chi connectivity index (χ2n) is 6.89. The first-order valence-corrected chi connectivity index (χ1v) is 9.36. The molecule has 0 aliphatic rings. The lowest BCUT2D eigenvalue weighted by Crippen LogP contribution is -1.94. The Morgan fingerprint density at radius 3 is 2.00 bits per heavy atom. The Morgan fingerprint density at radius 2 is 1.38 bits per heavy atom. The Kier molecular flexibility index (Phi) is 5.01. The molecular formula is C25H19F3O. The van der Waals surface area contributed by atoms with Gasteiger partial charge in [0.25, 0.3) is 0 Å². The fourth-order valence-corrected chi connectivity index (χ4v) is 3.55. The van der Waals surface area contributed by atoms with Crippen molar-refractivity contribution in [3.05, 3.63) is 89.7 Å². The van der Waals surface area contributed by atoms with Crippen molar-refractivity contribution in [3.63, 3.8) is 0 Å². The Balaban J connectivity index is 1.72. The van der Waals surface area contributed by atoms with E-state index in [-0.39, 0.29) is 5.82 Å². The van der Waals surface area contributed by atoms with Crippen LogP contribution in [-0.4, -0.2) is 7.11 Å². The highest BCUT2D eigenvalue weighted by Crippen LogP contribution is 2.33. The summed E-state index contributed by atoms with van der Waals surface area (Å²) in [6.45, 7) is 2.06. The Bertz CT molecular complexity index is 1170. The number of hydrogen-bond acceptors (Lipinski definition) is 1. The van der Waals surface area contributed by atoms with Crippen LogP contribution in [0.2, 0.25) is 0 Å². The number of fused-ring (bicyclic) bond motifs is 1. The molecule has 146 valence electrons. The van der Waals surface area contributed by atoms with Crippen LogP contribution in [0, 0.1) is 17.5 Å².